The lowest BCUT2D eigenvalue weighted by Gasteiger charge is -2.09. The van der Waals surface area contributed by atoms with Crippen LogP contribution in [0, 0.1) is 0 Å². The van der Waals surface area contributed by atoms with Gasteiger partial charge in [0.2, 0.25) is 0 Å². The van der Waals surface area contributed by atoms with Crippen LogP contribution in [0.25, 0.3) is 0 Å². The largest absolute Gasteiger partial charge is 0.349 e. The first-order valence-electron chi connectivity index (χ1n) is 4.18. The van der Waals surface area contributed by atoms with Crippen molar-refractivity contribution in [3.63, 3.8) is 0 Å². The fraction of sp³-hybridized carbons (Fsp3) is 0.500. The van der Waals surface area contributed by atoms with Crippen LogP contribution >= 0.6 is 0 Å². The molecule has 0 atom stereocenters. The molecule has 7 heteroatoms. The molecular weight excluding hydrogens is 170 g/mol. The van der Waals surface area contributed by atoms with Gasteiger partial charge in [0.15, 0.2) is 0 Å². The lowest BCUT2D eigenvalue weighted by molar-refractivity contribution is 0.426. The van der Waals surface area contributed by atoms with E-state index in [1.165, 1.54) is 0 Å². The number of nitrogens with zero attached hydrogens (tertiary/aromatic N) is 1. The van der Waals surface area contributed by atoms with Gasteiger partial charge in [-0.15, -0.1) is 0 Å². The van der Waals surface area contributed by atoms with Crippen molar-refractivity contribution >= 4 is 0 Å². The predicted molar refractivity (Wildman–Crippen MR) is 46.6 cm³/mol. The molecule has 13 heavy (non-hydrogen) atoms. The van der Waals surface area contributed by atoms with E-state index in [4.69, 9.17) is 0 Å². The molecule has 0 aromatic carbocycles. The third-order valence-corrected chi connectivity index (χ3v) is 1.76. The summed E-state index contributed by atoms with van der Waals surface area (Å²) < 4.78 is 0. The summed E-state index contributed by atoms with van der Waals surface area (Å²) in [5, 5.41) is 3.21. The highest BCUT2D eigenvalue weighted by atomic mass is 15.8. The number of aromatic amines is 1. The predicted octanol–water partition coefficient (Wildman–Crippen LogP) is -2.06. The quantitative estimate of drug-likeness (QED) is 0.322. The van der Waals surface area contributed by atoms with Crippen LogP contribution in [-0.4, -0.2) is 22.8 Å². The van der Waals surface area contributed by atoms with Crippen molar-refractivity contribution in [2.45, 2.75) is 12.7 Å². The number of H-pyrrole nitrogens is 1. The molecule has 7 nitrogen and oxygen atoms in total. The van der Waals surface area contributed by atoms with Crippen LogP contribution in [0.2, 0.25) is 0 Å². The van der Waals surface area contributed by atoms with E-state index in [0.717, 1.165) is 18.8 Å². The van der Waals surface area contributed by atoms with E-state index in [9.17, 15) is 0 Å². The van der Waals surface area contributed by atoms with Gasteiger partial charge < -0.3 is 4.98 Å². The molecule has 1 aliphatic heterocycles. The summed E-state index contributed by atoms with van der Waals surface area (Å²) >= 11 is 0. The van der Waals surface area contributed by atoms with Crippen molar-refractivity contribution in [2.24, 2.45) is 0 Å². The second-order valence-corrected chi connectivity index (χ2v) is 2.71. The number of hydrogen-bond acceptors (Lipinski definition) is 6. The minimum Gasteiger partial charge on any atom is -0.349 e. The molecule has 0 aliphatic carbocycles. The zero-order valence-corrected chi connectivity index (χ0v) is 7.09. The Balaban J connectivity index is 1.63. The van der Waals surface area contributed by atoms with Gasteiger partial charge in [0, 0.05) is 25.4 Å². The van der Waals surface area contributed by atoms with Gasteiger partial charge in [0.25, 0.3) is 0 Å². The van der Waals surface area contributed by atoms with Crippen molar-refractivity contribution < 1.29 is 0 Å². The molecule has 0 amide bonds. The Morgan fingerprint density at radius 3 is 2.92 bits per heavy atom. The highest BCUT2D eigenvalue weighted by Crippen LogP contribution is 1.88. The van der Waals surface area contributed by atoms with Gasteiger partial charge in [0.05, 0.1) is 0 Å². The molecule has 0 unspecified atom stereocenters. The summed E-state index contributed by atoms with van der Waals surface area (Å²) in [7, 11) is 0. The first-order valence-corrected chi connectivity index (χ1v) is 4.18. The number of imidazole rings is 1. The number of hydrogen-bond donors (Lipinski definition) is 6. The third-order valence-electron chi connectivity index (χ3n) is 1.76. The summed E-state index contributed by atoms with van der Waals surface area (Å²) in [5.41, 5.74) is 11.3. The second kappa shape index (κ2) is 4.30. The normalized spacial score (nSPS) is 18.2. The van der Waals surface area contributed by atoms with Crippen molar-refractivity contribution in [3.05, 3.63) is 18.2 Å². The topological polar surface area (TPSA) is 88.8 Å². The van der Waals surface area contributed by atoms with Crippen LogP contribution in [0.4, 0.5) is 0 Å². The van der Waals surface area contributed by atoms with Gasteiger partial charge in [-0.25, -0.2) is 15.8 Å². The van der Waals surface area contributed by atoms with E-state index < -0.39 is 0 Å². The van der Waals surface area contributed by atoms with Crippen LogP contribution in [0.1, 0.15) is 5.82 Å². The highest BCUT2D eigenvalue weighted by molar-refractivity contribution is 4.87. The molecule has 1 aromatic heterocycles. The maximum Gasteiger partial charge on any atom is 0.139 e. The first kappa shape index (κ1) is 8.60. The van der Waals surface area contributed by atoms with Crippen LogP contribution in [0.5, 0.6) is 0 Å². The number of hydrazine groups is 3. The lowest BCUT2D eigenvalue weighted by atomic mass is 10.4. The molecule has 0 radical (unpaired) electrons. The summed E-state index contributed by atoms with van der Waals surface area (Å²) in [6.45, 7) is 0.849. The molecule has 72 valence electrons. The monoisotopic (exact) mass is 183 g/mol. The van der Waals surface area contributed by atoms with Gasteiger partial charge >= 0.3 is 0 Å². The molecule has 6 N–H and O–H groups in total. The van der Waals surface area contributed by atoms with E-state index in [-0.39, 0.29) is 6.29 Å². The Morgan fingerprint density at radius 1 is 1.38 bits per heavy atom. The zero-order chi connectivity index (χ0) is 8.93. The van der Waals surface area contributed by atoms with E-state index in [1.54, 1.807) is 6.20 Å². The van der Waals surface area contributed by atoms with Crippen LogP contribution < -0.4 is 27.2 Å². The van der Waals surface area contributed by atoms with Gasteiger partial charge in [-0.05, 0) is 0 Å². The van der Waals surface area contributed by atoms with Crippen molar-refractivity contribution in [3.8, 4) is 0 Å². The van der Waals surface area contributed by atoms with E-state index in [0.29, 0.717) is 0 Å². The van der Waals surface area contributed by atoms with Crippen LogP contribution in [0.15, 0.2) is 12.4 Å². The standard InChI is InChI=1S/C6H13N7/c1(5-7-3-4-8-5)2-9-6-10-12-13-11-6/h3-4,6,9-13H,1-2H2,(H,7,8). The fourth-order valence-electron chi connectivity index (χ4n) is 1.12. The van der Waals surface area contributed by atoms with Crippen LogP contribution in [-0.2, 0) is 6.42 Å². The Hall–Kier alpha value is -0.990. The van der Waals surface area contributed by atoms with Gasteiger partial charge in [-0.3, -0.25) is 5.32 Å². The first-order chi connectivity index (χ1) is 6.45. The molecular formula is C6H13N7. The molecule has 0 spiro atoms. The van der Waals surface area contributed by atoms with Gasteiger partial charge in [-0.2, -0.15) is 11.1 Å². The number of nitrogens with one attached hydrogen (secondary N) is 6. The molecule has 1 saturated heterocycles. The summed E-state index contributed by atoms with van der Waals surface area (Å²) in [6, 6.07) is 0. The van der Waals surface area contributed by atoms with Crippen LogP contribution in [0.3, 0.4) is 0 Å². The van der Waals surface area contributed by atoms with Gasteiger partial charge in [0.1, 0.15) is 12.1 Å². The molecule has 2 heterocycles. The Kier molecular flexibility index (Phi) is 2.85. The average molecular weight is 183 g/mol. The van der Waals surface area contributed by atoms with Crippen molar-refractivity contribution in [1.29, 1.82) is 0 Å². The van der Waals surface area contributed by atoms with Crippen molar-refractivity contribution in [1.82, 2.24) is 37.2 Å². The molecule has 1 fully saturated rings. The minimum absolute atomic E-state index is 0.0509. The maximum absolute atomic E-state index is 4.11. The fourth-order valence-corrected chi connectivity index (χ4v) is 1.12. The average Bonchev–Trinajstić information content (AvgIpc) is 2.75. The molecule has 1 aliphatic rings. The summed E-state index contributed by atoms with van der Waals surface area (Å²) in [4.78, 5) is 7.15. The summed E-state index contributed by atoms with van der Waals surface area (Å²) in [6.07, 6.45) is 4.51. The smallest absolute Gasteiger partial charge is 0.139 e. The molecule has 0 saturated carbocycles. The molecule has 1 aromatic rings. The number of rotatable bonds is 4. The lowest BCUT2D eigenvalue weighted by Crippen LogP contribution is -2.47. The third kappa shape index (κ3) is 2.47. The van der Waals surface area contributed by atoms with E-state index in [1.807, 2.05) is 6.20 Å². The Labute approximate surface area is 75.6 Å². The maximum atomic E-state index is 4.11. The SMILES string of the molecule is c1c[nH]c(CCNC2NNNN2)n1. The van der Waals surface area contributed by atoms with Crippen molar-refractivity contribution in [2.75, 3.05) is 6.54 Å². The zero-order valence-electron chi connectivity index (χ0n) is 7.09. The van der Waals surface area contributed by atoms with Gasteiger partial charge in [-0.1, -0.05) is 0 Å². The second-order valence-electron chi connectivity index (χ2n) is 2.71. The Bertz CT molecular complexity index is 227. The molecule has 0 bridgehead atoms. The number of aromatic nitrogens is 2. The highest BCUT2D eigenvalue weighted by Gasteiger charge is 2.09. The van der Waals surface area contributed by atoms with E-state index >= 15 is 0 Å². The minimum atomic E-state index is 0.0509. The Morgan fingerprint density at radius 2 is 2.23 bits per heavy atom. The molecule has 2 rings (SSSR count). The summed E-state index contributed by atoms with van der Waals surface area (Å²) in [5.74, 6) is 0.992. The van der Waals surface area contributed by atoms with E-state index in [2.05, 4.69) is 37.2 Å².